The molecule has 6 heteroatoms. The van der Waals surface area contributed by atoms with Crippen LogP contribution in [0.25, 0.3) is 0 Å². The molecule has 0 unspecified atom stereocenters. The maximum absolute atomic E-state index is 13.2. The summed E-state index contributed by atoms with van der Waals surface area (Å²) in [6.07, 6.45) is 1.49. The summed E-state index contributed by atoms with van der Waals surface area (Å²) in [6, 6.07) is 6.41. The Morgan fingerprint density at radius 1 is 1.24 bits per heavy atom. The molecule has 0 saturated carbocycles. The standard InChI is InChI=1S/C15H14F2N2O2/c1-2-18-14(20)11-4-3-7-19(15(11)21)9-10-5-6-12(16)13(17)8-10/h3-8H,2,9H2,1H3,(H,18,20). The van der Waals surface area contributed by atoms with Crippen molar-refractivity contribution in [2.45, 2.75) is 13.5 Å². The summed E-state index contributed by atoms with van der Waals surface area (Å²) in [7, 11) is 0. The van der Waals surface area contributed by atoms with Gasteiger partial charge >= 0.3 is 0 Å². The van der Waals surface area contributed by atoms with Gasteiger partial charge in [-0.1, -0.05) is 6.07 Å². The third-order valence-electron chi connectivity index (χ3n) is 2.94. The van der Waals surface area contributed by atoms with Gasteiger partial charge in [-0.2, -0.15) is 0 Å². The van der Waals surface area contributed by atoms with Crippen LogP contribution in [0.5, 0.6) is 0 Å². The van der Waals surface area contributed by atoms with Crippen LogP contribution < -0.4 is 10.9 Å². The molecule has 0 bridgehead atoms. The van der Waals surface area contributed by atoms with E-state index in [1.165, 1.54) is 22.9 Å². The Kier molecular flexibility index (Phi) is 4.47. The first-order chi connectivity index (χ1) is 10.0. The summed E-state index contributed by atoms with van der Waals surface area (Å²) in [5, 5.41) is 2.55. The van der Waals surface area contributed by atoms with Gasteiger partial charge in [0.25, 0.3) is 11.5 Å². The normalized spacial score (nSPS) is 10.4. The van der Waals surface area contributed by atoms with Gasteiger partial charge in [-0.05, 0) is 36.8 Å². The summed E-state index contributed by atoms with van der Waals surface area (Å²) in [5.74, 6) is -2.37. The number of hydrogen-bond donors (Lipinski definition) is 1. The summed E-state index contributed by atoms with van der Waals surface area (Å²) in [6.45, 7) is 2.22. The van der Waals surface area contributed by atoms with Crippen LogP contribution in [0.3, 0.4) is 0 Å². The Labute approximate surface area is 120 Å². The molecule has 0 aliphatic rings. The number of amides is 1. The molecule has 1 aromatic heterocycles. The Morgan fingerprint density at radius 2 is 2.00 bits per heavy atom. The molecule has 0 saturated heterocycles. The lowest BCUT2D eigenvalue weighted by Gasteiger charge is -2.08. The van der Waals surface area contributed by atoms with E-state index in [2.05, 4.69) is 5.32 Å². The molecule has 4 nitrogen and oxygen atoms in total. The van der Waals surface area contributed by atoms with Crippen LogP contribution in [0.2, 0.25) is 0 Å². The average Bonchev–Trinajstić information content (AvgIpc) is 2.45. The van der Waals surface area contributed by atoms with Crippen LogP contribution in [0.15, 0.2) is 41.3 Å². The minimum Gasteiger partial charge on any atom is -0.352 e. The largest absolute Gasteiger partial charge is 0.352 e. The van der Waals surface area contributed by atoms with E-state index in [1.807, 2.05) is 0 Å². The smallest absolute Gasteiger partial charge is 0.263 e. The van der Waals surface area contributed by atoms with Gasteiger partial charge < -0.3 is 9.88 Å². The molecule has 0 atom stereocenters. The molecule has 1 amide bonds. The van der Waals surface area contributed by atoms with Crippen molar-refractivity contribution in [3.63, 3.8) is 0 Å². The minimum atomic E-state index is -0.972. The van der Waals surface area contributed by atoms with Gasteiger partial charge in [-0.15, -0.1) is 0 Å². The van der Waals surface area contributed by atoms with Crippen molar-refractivity contribution in [3.05, 3.63) is 69.6 Å². The predicted molar refractivity (Wildman–Crippen MR) is 74.2 cm³/mol. The number of rotatable bonds is 4. The number of aromatic nitrogens is 1. The summed E-state index contributed by atoms with van der Waals surface area (Å²) >= 11 is 0. The van der Waals surface area contributed by atoms with Gasteiger partial charge in [0.15, 0.2) is 11.6 Å². The molecule has 1 N–H and O–H groups in total. The first-order valence-electron chi connectivity index (χ1n) is 6.44. The Hall–Kier alpha value is -2.50. The summed E-state index contributed by atoms with van der Waals surface area (Å²) in [4.78, 5) is 23.9. The van der Waals surface area contributed by atoms with Gasteiger partial charge in [0.2, 0.25) is 0 Å². The van der Waals surface area contributed by atoms with Gasteiger partial charge in [-0.3, -0.25) is 9.59 Å². The van der Waals surface area contributed by atoms with Crippen molar-refractivity contribution in [2.75, 3.05) is 6.54 Å². The van der Waals surface area contributed by atoms with Crippen LogP contribution in [0.1, 0.15) is 22.8 Å². The quantitative estimate of drug-likeness (QED) is 0.936. The van der Waals surface area contributed by atoms with Crippen LogP contribution in [-0.2, 0) is 6.54 Å². The van der Waals surface area contributed by atoms with Crippen molar-refractivity contribution >= 4 is 5.91 Å². The second kappa shape index (κ2) is 6.30. The fourth-order valence-electron chi connectivity index (χ4n) is 1.92. The third-order valence-corrected chi connectivity index (χ3v) is 2.94. The van der Waals surface area contributed by atoms with Crippen molar-refractivity contribution < 1.29 is 13.6 Å². The molecule has 110 valence electrons. The van der Waals surface area contributed by atoms with Crippen molar-refractivity contribution in [2.24, 2.45) is 0 Å². The number of carbonyl (C=O) groups excluding carboxylic acids is 1. The monoisotopic (exact) mass is 292 g/mol. The van der Waals surface area contributed by atoms with E-state index in [1.54, 1.807) is 13.0 Å². The molecule has 0 aliphatic heterocycles. The van der Waals surface area contributed by atoms with Crippen LogP contribution in [-0.4, -0.2) is 17.0 Å². The zero-order valence-electron chi connectivity index (χ0n) is 11.4. The molecule has 2 aromatic rings. The fourth-order valence-corrected chi connectivity index (χ4v) is 1.92. The van der Waals surface area contributed by atoms with E-state index in [0.717, 1.165) is 12.1 Å². The predicted octanol–water partition coefficient (Wildman–Crippen LogP) is 1.92. The highest BCUT2D eigenvalue weighted by Gasteiger charge is 2.11. The molecule has 21 heavy (non-hydrogen) atoms. The number of nitrogens with zero attached hydrogens (tertiary/aromatic N) is 1. The molecule has 2 rings (SSSR count). The van der Waals surface area contributed by atoms with E-state index in [4.69, 9.17) is 0 Å². The van der Waals surface area contributed by atoms with Gasteiger partial charge in [-0.25, -0.2) is 8.78 Å². The Morgan fingerprint density at radius 3 is 2.67 bits per heavy atom. The van der Waals surface area contributed by atoms with Gasteiger partial charge in [0, 0.05) is 12.7 Å². The minimum absolute atomic E-state index is 0.0157. The summed E-state index contributed by atoms with van der Waals surface area (Å²) in [5.41, 5.74) is -0.0285. The van der Waals surface area contributed by atoms with Crippen LogP contribution in [0, 0.1) is 11.6 Å². The lowest BCUT2D eigenvalue weighted by molar-refractivity contribution is 0.0953. The maximum atomic E-state index is 13.2. The van der Waals surface area contributed by atoms with Crippen molar-refractivity contribution in [1.29, 1.82) is 0 Å². The summed E-state index contributed by atoms with van der Waals surface area (Å²) < 4.78 is 27.3. The second-order valence-electron chi connectivity index (χ2n) is 4.46. The maximum Gasteiger partial charge on any atom is 0.263 e. The number of carbonyl (C=O) groups is 1. The molecule has 0 radical (unpaired) electrons. The highest BCUT2D eigenvalue weighted by atomic mass is 19.2. The molecule has 0 spiro atoms. The molecule has 1 heterocycles. The Balaban J connectivity index is 2.32. The SMILES string of the molecule is CCNC(=O)c1cccn(Cc2ccc(F)c(F)c2)c1=O. The van der Waals surface area contributed by atoms with Gasteiger partial charge in [0.1, 0.15) is 5.56 Å². The number of hydrogen-bond acceptors (Lipinski definition) is 2. The number of benzene rings is 1. The topological polar surface area (TPSA) is 51.1 Å². The van der Waals surface area contributed by atoms with E-state index in [9.17, 15) is 18.4 Å². The van der Waals surface area contributed by atoms with E-state index in [0.29, 0.717) is 12.1 Å². The lowest BCUT2D eigenvalue weighted by Crippen LogP contribution is -2.32. The van der Waals surface area contributed by atoms with Crippen LogP contribution in [0.4, 0.5) is 8.78 Å². The molecule has 0 aliphatic carbocycles. The fraction of sp³-hybridized carbons (Fsp3) is 0.200. The lowest BCUT2D eigenvalue weighted by atomic mass is 10.2. The highest BCUT2D eigenvalue weighted by molar-refractivity contribution is 5.93. The van der Waals surface area contributed by atoms with E-state index >= 15 is 0 Å². The number of halogens is 2. The molecule has 0 fully saturated rings. The van der Waals surface area contributed by atoms with Crippen molar-refractivity contribution in [3.8, 4) is 0 Å². The van der Waals surface area contributed by atoms with Crippen LogP contribution >= 0.6 is 0 Å². The first kappa shape index (κ1) is 14.9. The second-order valence-corrected chi connectivity index (χ2v) is 4.46. The number of nitrogens with one attached hydrogen (secondary N) is 1. The van der Waals surface area contributed by atoms with E-state index < -0.39 is 23.1 Å². The van der Waals surface area contributed by atoms with E-state index in [-0.39, 0.29) is 12.1 Å². The van der Waals surface area contributed by atoms with Gasteiger partial charge in [0.05, 0.1) is 6.54 Å². The Bertz CT molecular complexity index is 726. The molecular formula is C15H14F2N2O2. The number of pyridine rings is 1. The first-order valence-corrected chi connectivity index (χ1v) is 6.44. The molecular weight excluding hydrogens is 278 g/mol. The highest BCUT2D eigenvalue weighted by Crippen LogP contribution is 2.09. The zero-order chi connectivity index (χ0) is 15.4. The third kappa shape index (κ3) is 3.34. The average molecular weight is 292 g/mol. The molecule has 1 aromatic carbocycles. The van der Waals surface area contributed by atoms with Crippen molar-refractivity contribution in [1.82, 2.24) is 9.88 Å². The zero-order valence-corrected chi connectivity index (χ0v) is 11.4.